The number of hydrogen-bond donors (Lipinski definition) is 1. The Morgan fingerprint density at radius 1 is 1.23 bits per heavy atom. The number of imide groups is 1. The second-order valence-corrected chi connectivity index (χ2v) is 4.89. The lowest BCUT2D eigenvalue weighted by Gasteiger charge is -2.19. The molecule has 1 aromatic rings. The molecule has 1 N–H and O–H groups in total. The normalized spacial score (nSPS) is 17.0. The first-order chi connectivity index (χ1) is 10.3. The molecule has 22 heavy (non-hydrogen) atoms. The number of aliphatic hydroxyl groups is 1. The van der Waals surface area contributed by atoms with E-state index in [4.69, 9.17) is 4.74 Å². The van der Waals surface area contributed by atoms with Gasteiger partial charge in [-0.25, -0.2) is 0 Å². The number of hydrogen-bond acceptors (Lipinski definition) is 4. The van der Waals surface area contributed by atoms with E-state index >= 15 is 0 Å². The predicted octanol–water partition coefficient (Wildman–Crippen LogP) is 1.59. The molecule has 1 aliphatic heterocycles. The zero-order chi connectivity index (χ0) is 16.3. The number of carbonyl (C=O) groups excluding carboxylic acids is 2. The van der Waals surface area contributed by atoms with Crippen LogP contribution in [0.3, 0.4) is 0 Å². The summed E-state index contributed by atoms with van der Waals surface area (Å²) in [5.74, 6) is -0.792. The highest BCUT2D eigenvalue weighted by molar-refractivity contribution is 6.01. The van der Waals surface area contributed by atoms with Crippen LogP contribution in [0.15, 0.2) is 24.3 Å². The second-order valence-electron chi connectivity index (χ2n) is 4.89. The van der Waals surface area contributed by atoms with E-state index in [9.17, 15) is 27.9 Å². The van der Waals surface area contributed by atoms with Gasteiger partial charge in [-0.2, -0.15) is 13.2 Å². The Morgan fingerprint density at radius 2 is 1.86 bits per heavy atom. The second kappa shape index (κ2) is 6.35. The Hall–Kier alpha value is -2.09. The zero-order valence-corrected chi connectivity index (χ0v) is 11.5. The quantitative estimate of drug-likeness (QED) is 0.838. The molecule has 0 unspecified atom stereocenters. The molecule has 8 heteroatoms. The van der Waals surface area contributed by atoms with Crippen LogP contribution in [0.1, 0.15) is 18.4 Å². The molecule has 120 valence electrons. The topological polar surface area (TPSA) is 66.8 Å². The van der Waals surface area contributed by atoms with Crippen molar-refractivity contribution in [2.45, 2.75) is 25.1 Å². The van der Waals surface area contributed by atoms with Gasteiger partial charge < -0.3 is 9.84 Å². The van der Waals surface area contributed by atoms with Gasteiger partial charge in [0.15, 0.2) is 0 Å². The lowest BCUT2D eigenvalue weighted by Crippen LogP contribution is -2.38. The zero-order valence-electron chi connectivity index (χ0n) is 11.5. The van der Waals surface area contributed by atoms with Crippen LogP contribution in [0, 0.1) is 0 Å². The molecule has 1 saturated heterocycles. The summed E-state index contributed by atoms with van der Waals surface area (Å²) >= 11 is 0. The summed E-state index contributed by atoms with van der Waals surface area (Å²) in [6, 6.07) is 4.25. The summed E-state index contributed by atoms with van der Waals surface area (Å²) in [6.45, 7) is -0.547. The van der Waals surface area contributed by atoms with Gasteiger partial charge in [0.25, 0.3) is 0 Å². The van der Waals surface area contributed by atoms with Crippen LogP contribution >= 0.6 is 0 Å². The Labute approximate surface area is 124 Å². The average Bonchev–Trinajstić information content (AvgIpc) is 2.76. The molecule has 5 nitrogen and oxygen atoms in total. The number of halogens is 3. The van der Waals surface area contributed by atoms with Crippen LogP contribution in [-0.4, -0.2) is 41.1 Å². The van der Waals surface area contributed by atoms with E-state index in [0.29, 0.717) is 0 Å². The van der Waals surface area contributed by atoms with Gasteiger partial charge in [0.05, 0.1) is 12.1 Å². The minimum atomic E-state index is -4.48. The maximum absolute atomic E-state index is 12.5. The van der Waals surface area contributed by atoms with E-state index in [2.05, 4.69) is 0 Å². The van der Waals surface area contributed by atoms with Crippen molar-refractivity contribution in [3.63, 3.8) is 0 Å². The third kappa shape index (κ3) is 3.97. The van der Waals surface area contributed by atoms with Gasteiger partial charge in [-0.3, -0.25) is 14.5 Å². The summed E-state index contributed by atoms with van der Waals surface area (Å²) in [5, 5.41) is 9.74. The Morgan fingerprint density at radius 3 is 2.45 bits per heavy atom. The minimum Gasteiger partial charge on any atom is -0.491 e. The summed E-state index contributed by atoms with van der Waals surface area (Å²) < 4.78 is 42.7. The van der Waals surface area contributed by atoms with E-state index in [1.165, 1.54) is 12.1 Å². The van der Waals surface area contributed by atoms with Gasteiger partial charge in [0.1, 0.15) is 18.5 Å². The van der Waals surface area contributed by atoms with E-state index in [-0.39, 0.29) is 43.6 Å². The monoisotopic (exact) mass is 317 g/mol. The van der Waals surface area contributed by atoms with Gasteiger partial charge >= 0.3 is 6.18 Å². The smallest absolute Gasteiger partial charge is 0.416 e. The van der Waals surface area contributed by atoms with E-state index < -0.39 is 17.8 Å². The van der Waals surface area contributed by atoms with Gasteiger partial charge in [-0.05, 0) is 18.2 Å². The molecule has 1 fully saturated rings. The van der Waals surface area contributed by atoms with Crippen LogP contribution < -0.4 is 4.74 Å². The molecule has 1 heterocycles. The number of rotatable bonds is 5. The number of aliphatic hydroxyl groups excluding tert-OH is 1. The fourth-order valence-electron chi connectivity index (χ4n) is 2.04. The summed E-state index contributed by atoms with van der Waals surface area (Å²) in [7, 11) is 0. The molecular formula is C14H14F3NO4. The number of benzene rings is 1. The molecule has 1 aromatic carbocycles. The molecule has 0 bridgehead atoms. The molecule has 2 amide bonds. The predicted molar refractivity (Wildman–Crippen MR) is 68.9 cm³/mol. The number of nitrogens with zero attached hydrogens (tertiary/aromatic N) is 1. The van der Waals surface area contributed by atoms with E-state index in [1.54, 1.807) is 0 Å². The lowest BCUT2D eigenvalue weighted by molar-refractivity contribution is -0.140. The minimum absolute atomic E-state index is 0.0482. The first-order valence-electron chi connectivity index (χ1n) is 6.58. The maximum atomic E-state index is 12.5. The molecule has 2 rings (SSSR count). The van der Waals surface area contributed by atoms with Crippen LogP contribution in [0.5, 0.6) is 5.75 Å². The lowest BCUT2D eigenvalue weighted by atomic mass is 10.2. The third-order valence-corrected chi connectivity index (χ3v) is 3.15. The van der Waals surface area contributed by atoms with E-state index in [1.807, 2.05) is 0 Å². The SMILES string of the molecule is O=C1CCC(=O)N1C[C@@H](O)COc1cccc(C(F)(F)F)c1. The average molecular weight is 317 g/mol. The first kappa shape index (κ1) is 16.3. The highest BCUT2D eigenvalue weighted by Crippen LogP contribution is 2.31. The molecule has 0 saturated carbocycles. The van der Waals surface area contributed by atoms with Crippen molar-refractivity contribution < 1.29 is 32.6 Å². The fraction of sp³-hybridized carbons (Fsp3) is 0.429. The highest BCUT2D eigenvalue weighted by Gasteiger charge is 2.31. The largest absolute Gasteiger partial charge is 0.491 e. The maximum Gasteiger partial charge on any atom is 0.416 e. The number of amides is 2. The number of ether oxygens (including phenoxy) is 1. The van der Waals surface area contributed by atoms with Crippen molar-refractivity contribution >= 4 is 11.8 Å². The van der Waals surface area contributed by atoms with Gasteiger partial charge in [0, 0.05) is 12.8 Å². The highest BCUT2D eigenvalue weighted by atomic mass is 19.4. The molecule has 1 atom stereocenters. The summed E-state index contributed by atoms with van der Waals surface area (Å²) in [6.07, 6.45) is -5.42. The Balaban J connectivity index is 1.90. The number of alkyl halides is 3. The van der Waals surface area contributed by atoms with Crippen LogP contribution in [0.2, 0.25) is 0 Å². The van der Waals surface area contributed by atoms with Crippen molar-refractivity contribution in [1.29, 1.82) is 0 Å². The number of likely N-dealkylation sites (tertiary alicyclic amines) is 1. The van der Waals surface area contributed by atoms with Crippen molar-refractivity contribution in [1.82, 2.24) is 4.90 Å². The molecule has 0 aromatic heterocycles. The Bertz CT molecular complexity index is 557. The van der Waals surface area contributed by atoms with Crippen LogP contribution in [0.4, 0.5) is 13.2 Å². The molecule has 1 aliphatic rings. The fourth-order valence-corrected chi connectivity index (χ4v) is 2.04. The Kier molecular flexibility index (Phi) is 4.70. The van der Waals surface area contributed by atoms with Crippen LogP contribution in [0.25, 0.3) is 0 Å². The van der Waals surface area contributed by atoms with Gasteiger partial charge in [-0.1, -0.05) is 6.07 Å². The number of β-amino-alcohol motifs (C(OH)–C–C–N with tert-alkyl or cyclic N) is 1. The number of carbonyl (C=O) groups is 2. The van der Waals surface area contributed by atoms with Crippen molar-refractivity contribution in [2.75, 3.05) is 13.2 Å². The van der Waals surface area contributed by atoms with Gasteiger partial charge in [0.2, 0.25) is 11.8 Å². The molecular weight excluding hydrogens is 303 g/mol. The van der Waals surface area contributed by atoms with E-state index in [0.717, 1.165) is 17.0 Å². The molecule has 0 aliphatic carbocycles. The van der Waals surface area contributed by atoms with Crippen molar-refractivity contribution in [3.05, 3.63) is 29.8 Å². The first-order valence-corrected chi connectivity index (χ1v) is 6.58. The van der Waals surface area contributed by atoms with Crippen molar-refractivity contribution in [2.24, 2.45) is 0 Å². The van der Waals surface area contributed by atoms with Crippen LogP contribution in [-0.2, 0) is 15.8 Å². The standard InChI is InChI=1S/C14H14F3NO4/c15-14(16,17)9-2-1-3-11(6-9)22-8-10(19)7-18-12(20)4-5-13(18)21/h1-3,6,10,19H,4-5,7-8H2/t10-/m1/s1. The molecule has 0 radical (unpaired) electrons. The summed E-state index contributed by atoms with van der Waals surface area (Å²) in [5.41, 5.74) is -0.857. The van der Waals surface area contributed by atoms with Crippen molar-refractivity contribution in [3.8, 4) is 5.75 Å². The third-order valence-electron chi connectivity index (χ3n) is 3.15. The summed E-state index contributed by atoms with van der Waals surface area (Å²) in [4.78, 5) is 23.7. The molecule has 0 spiro atoms. The van der Waals surface area contributed by atoms with Gasteiger partial charge in [-0.15, -0.1) is 0 Å².